The zero-order valence-electron chi connectivity index (χ0n) is 11.6. The van der Waals surface area contributed by atoms with Crippen molar-refractivity contribution < 1.29 is 14.3 Å². The number of aryl methyl sites for hydroxylation is 1. The molecule has 0 bridgehead atoms. The minimum atomic E-state index is -0.260. The van der Waals surface area contributed by atoms with E-state index in [1.807, 2.05) is 25.1 Å². The van der Waals surface area contributed by atoms with Crippen LogP contribution in [0, 0.1) is 6.92 Å². The molecule has 1 aromatic carbocycles. The lowest BCUT2D eigenvalue weighted by atomic mass is 10.2. The van der Waals surface area contributed by atoms with E-state index in [4.69, 9.17) is 9.47 Å². The topological polar surface area (TPSA) is 59.6 Å². The normalized spacial score (nSPS) is 17.6. The Balaban J connectivity index is 1.99. The first-order valence-electron chi connectivity index (χ1n) is 6.70. The van der Waals surface area contributed by atoms with E-state index in [9.17, 15) is 4.79 Å². The largest absolute Gasteiger partial charge is 0.488 e. The van der Waals surface area contributed by atoms with E-state index in [-0.39, 0.29) is 12.1 Å². The third kappa shape index (κ3) is 3.99. The smallest absolute Gasteiger partial charge is 0.319 e. The zero-order chi connectivity index (χ0) is 14.4. The van der Waals surface area contributed by atoms with Crippen LogP contribution < -0.4 is 15.4 Å². The molecule has 2 rings (SSSR count). The summed E-state index contributed by atoms with van der Waals surface area (Å²) < 4.78 is 11.2. The number of benzene rings is 1. The molecule has 0 aliphatic carbocycles. The summed E-state index contributed by atoms with van der Waals surface area (Å²) in [4.78, 5) is 11.6. The third-order valence-corrected chi connectivity index (χ3v) is 3.03. The van der Waals surface area contributed by atoms with Crippen LogP contribution >= 0.6 is 0 Å². The Bertz CT molecular complexity index is 482. The Morgan fingerprint density at radius 3 is 3.15 bits per heavy atom. The maximum absolute atomic E-state index is 11.6. The second-order valence-electron chi connectivity index (χ2n) is 4.71. The molecule has 1 aromatic rings. The SMILES string of the molecule is C=CCNC(=O)Nc1ccc(C)c(O[C@H]2CCOC2)c1. The summed E-state index contributed by atoms with van der Waals surface area (Å²) in [5.41, 5.74) is 1.74. The molecule has 0 saturated carbocycles. The molecule has 0 aromatic heterocycles. The van der Waals surface area contributed by atoms with Crippen LogP contribution in [0.15, 0.2) is 30.9 Å². The van der Waals surface area contributed by atoms with Crippen molar-refractivity contribution in [2.75, 3.05) is 25.1 Å². The van der Waals surface area contributed by atoms with Crippen molar-refractivity contribution >= 4 is 11.7 Å². The number of nitrogens with one attached hydrogen (secondary N) is 2. The van der Waals surface area contributed by atoms with E-state index in [1.54, 1.807) is 6.08 Å². The molecule has 0 spiro atoms. The molecule has 108 valence electrons. The van der Waals surface area contributed by atoms with Gasteiger partial charge in [0.25, 0.3) is 0 Å². The second kappa shape index (κ2) is 6.96. The molecule has 0 unspecified atom stereocenters. The highest BCUT2D eigenvalue weighted by atomic mass is 16.5. The fourth-order valence-corrected chi connectivity index (χ4v) is 1.93. The molecule has 5 nitrogen and oxygen atoms in total. The van der Waals surface area contributed by atoms with Gasteiger partial charge in [0.05, 0.1) is 13.2 Å². The number of amides is 2. The predicted octanol–water partition coefficient (Wildman–Crippen LogP) is 2.47. The average molecular weight is 276 g/mol. The molecular weight excluding hydrogens is 256 g/mol. The monoisotopic (exact) mass is 276 g/mol. The van der Waals surface area contributed by atoms with Crippen molar-refractivity contribution in [2.24, 2.45) is 0 Å². The van der Waals surface area contributed by atoms with Crippen LogP contribution in [0.4, 0.5) is 10.5 Å². The van der Waals surface area contributed by atoms with Crippen LogP contribution in [0.5, 0.6) is 5.75 Å². The average Bonchev–Trinajstić information content (AvgIpc) is 2.93. The first-order valence-corrected chi connectivity index (χ1v) is 6.70. The highest BCUT2D eigenvalue weighted by molar-refractivity contribution is 5.89. The van der Waals surface area contributed by atoms with Crippen LogP contribution in [0.2, 0.25) is 0 Å². The fraction of sp³-hybridized carbons (Fsp3) is 0.400. The van der Waals surface area contributed by atoms with Crippen molar-refractivity contribution in [1.29, 1.82) is 0 Å². The molecule has 5 heteroatoms. The standard InChI is InChI=1S/C15H20N2O3/c1-3-7-16-15(18)17-12-5-4-11(2)14(9-12)20-13-6-8-19-10-13/h3-5,9,13H,1,6-8,10H2,2H3,(H2,16,17,18)/t13-/m0/s1. The van der Waals surface area contributed by atoms with E-state index in [2.05, 4.69) is 17.2 Å². The Morgan fingerprint density at radius 2 is 2.45 bits per heavy atom. The molecule has 1 atom stereocenters. The van der Waals surface area contributed by atoms with Crippen molar-refractivity contribution in [2.45, 2.75) is 19.4 Å². The second-order valence-corrected chi connectivity index (χ2v) is 4.71. The first-order chi connectivity index (χ1) is 9.69. The summed E-state index contributed by atoms with van der Waals surface area (Å²) in [6, 6.07) is 5.35. The lowest BCUT2D eigenvalue weighted by Crippen LogP contribution is -2.28. The van der Waals surface area contributed by atoms with E-state index >= 15 is 0 Å². The van der Waals surface area contributed by atoms with E-state index < -0.39 is 0 Å². The van der Waals surface area contributed by atoms with Crippen molar-refractivity contribution in [3.63, 3.8) is 0 Å². The first kappa shape index (κ1) is 14.4. The van der Waals surface area contributed by atoms with Gasteiger partial charge in [0.15, 0.2) is 0 Å². The predicted molar refractivity (Wildman–Crippen MR) is 78.2 cm³/mol. The van der Waals surface area contributed by atoms with E-state index in [1.165, 1.54) is 0 Å². The van der Waals surface area contributed by atoms with E-state index in [0.717, 1.165) is 24.3 Å². The molecule has 1 aliphatic rings. The number of urea groups is 1. The fourth-order valence-electron chi connectivity index (χ4n) is 1.93. The number of carbonyl (C=O) groups is 1. The van der Waals surface area contributed by atoms with Crippen LogP contribution in [0.1, 0.15) is 12.0 Å². The number of carbonyl (C=O) groups excluding carboxylic acids is 1. The van der Waals surface area contributed by atoms with Gasteiger partial charge < -0.3 is 20.1 Å². The molecule has 2 amide bonds. The molecule has 20 heavy (non-hydrogen) atoms. The molecule has 1 saturated heterocycles. The molecular formula is C15H20N2O3. The number of hydrogen-bond acceptors (Lipinski definition) is 3. The van der Waals surface area contributed by atoms with Gasteiger partial charge in [-0.2, -0.15) is 0 Å². The van der Waals surface area contributed by atoms with Crippen molar-refractivity contribution in [3.8, 4) is 5.75 Å². The molecule has 1 aliphatic heterocycles. The van der Waals surface area contributed by atoms with E-state index in [0.29, 0.717) is 18.8 Å². The van der Waals surface area contributed by atoms with Gasteiger partial charge in [-0.1, -0.05) is 12.1 Å². The Morgan fingerprint density at radius 1 is 1.60 bits per heavy atom. The quantitative estimate of drug-likeness (QED) is 0.812. The minimum absolute atomic E-state index is 0.0959. The highest BCUT2D eigenvalue weighted by Crippen LogP contribution is 2.25. The van der Waals surface area contributed by atoms with Crippen molar-refractivity contribution in [3.05, 3.63) is 36.4 Å². The van der Waals surface area contributed by atoms with Crippen LogP contribution in [0.25, 0.3) is 0 Å². The van der Waals surface area contributed by atoms with Gasteiger partial charge in [0.2, 0.25) is 0 Å². The number of ether oxygens (including phenoxy) is 2. The van der Waals surface area contributed by atoms with Gasteiger partial charge in [-0.15, -0.1) is 6.58 Å². The van der Waals surface area contributed by atoms with Crippen LogP contribution in [-0.2, 0) is 4.74 Å². The van der Waals surface area contributed by atoms with Gasteiger partial charge in [-0.3, -0.25) is 0 Å². The molecule has 0 radical (unpaired) electrons. The maximum Gasteiger partial charge on any atom is 0.319 e. The summed E-state index contributed by atoms with van der Waals surface area (Å²) in [5.74, 6) is 0.780. The Kier molecular flexibility index (Phi) is 5.01. The molecule has 1 heterocycles. The minimum Gasteiger partial charge on any atom is -0.488 e. The van der Waals surface area contributed by atoms with Gasteiger partial charge >= 0.3 is 6.03 Å². The summed E-state index contributed by atoms with van der Waals surface area (Å²) >= 11 is 0. The Hall–Kier alpha value is -2.01. The highest BCUT2D eigenvalue weighted by Gasteiger charge is 2.18. The van der Waals surface area contributed by atoms with Gasteiger partial charge in [0, 0.05) is 24.7 Å². The molecule has 2 N–H and O–H groups in total. The summed E-state index contributed by atoms with van der Waals surface area (Å²) in [6.07, 6.45) is 2.62. The number of rotatable bonds is 5. The zero-order valence-corrected chi connectivity index (χ0v) is 11.6. The summed E-state index contributed by atoms with van der Waals surface area (Å²) in [6.45, 7) is 7.32. The van der Waals surface area contributed by atoms with Gasteiger partial charge in [-0.25, -0.2) is 4.79 Å². The van der Waals surface area contributed by atoms with Gasteiger partial charge in [0.1, 0.15) is 11.9 Å². The lowest BCUT2D eigenvalue weighted by Gasteiger charge is -2.15. The van der Waals surface area contributed by atoms with Crippen molar-refractivity contribution in [1.82, 2.24) is 5.32 Å². The van der Waals surface area contributed by atoms with Crippen LogP contribution in [0.3, 0.4) is 0 Å². The number of anilines is 1. The Labute approximate surface area is 119 Å². The lowest BCUT2D eigenvalue weighted by molar-refractivity contribution is 0.141. The van der Waals surface area contributed by atoms with Crippen LogP contribution in [-0.4, -0.2) is 31.9 Å². The summed E-state index contributed by atoms with van der Waals surface area (Å²) in [7, 11) is 0. The maximum atomic E-state index is 11.6. The summed E-state index contributed by atoms with van der Waals surface area (Å²) in [5, 5.41) is 5.42. The number of hydrogen-bond donors (Lipinski definition) is 2. The third-order valence-electron chi connectivity index (χ3n) is 3.03. The molecule has 1 fully saturated rings. The van der Waals surface area contributed by atoms with Gasteiger partial charge in [-0.05, 0) is 18.6 Å².